The molecule has 116 valence electrons. The van der Waals surface area contributed by atoms with E-state index in [0.717, 1.165) is 5.56 Å². The predicted octanol–water partition coefficient (Wildman–Crippen LogP) is 2.18. The fourth-order valence-corrected chi connectivity index (χ4v) is 2.80. The number of hydrogen-bond donors (Lipinski definition) is 2. The lowest BCUT2D eigenvalue weighted by Crippen LogP contribution is -2.52. The highest BCUT2D eigenvalue weighted by Crippen LogP contribution is 2.27. The van der Waals surface area contributed by atoms with Crippen LogP contribution in [0, 0.1) is 0 Å². The van der Waals surface area contributed by atoms with Crippen LogP contribution in [-0.2, 0) is 11.2 Å². The van der Waals surface area contributed by atoms with E-state index in [1.54, 1.807) is 6.07 Å². The number of carbonyl (C=O) groups excluding carboxylic acids is 1. The summed E-state index contributed by atoms with van der Waals surface area (Å²) in [7, 11) is 0. The second-order valence-corrected chi connectivity index (χ2v) is 5.80. The number of thiophene rings is 1. The summed E-state index contributed by atoms with van der Waals surface area (Å²) < 4.78 is 26.1. The average molecular weight is 318 g/mol. The predicted molar refractivity (Wildman–Crippen MR) is 73.7 cm³/mol. The summed E-state index contributed by atoms with van der Waals surface area (Å²) in [5.74, 6) is -3.88. The number of urea groups is 1. The molecular weight excluding hydrogens is 302 g/mol. The summed E-state index contributed by atoms with van der Waals surface area (Å²) >= 11 is 1.44. The van der Waals surface area contributed by atoms with Crippen molar-refractivity contribution in [2.45, 2.75) is 31.2 Å². The van der Waals surface area contributed by atoms with Crippen molar-refractivity contribution in [3.05, 3.63) is 22.4 Å². The Morgan fingerprint density at radius 3 is 2.62 bits per heavy atom. The molecule has 21 heavy (non-hydrogen) atoms. The summed E-state index contributed by atoms with van der Waals surface area (Å²) in [6, 6.07) is 0.122. The van der Waals surface area contributed by atoms with Crippen molar-refractivity contribution in [3.63, 3.8) is 0 Å². The second kappa shape index (κ2) is 6.38. The molecule has 2 N–H and O–H groups in total. The molecule has 2 amide bonds. The number of carboxylic acid groups (broad SMARTS) is 1. The molecule has 0 radical (unpaired) electrons. The number of nitrogens with one attached hydrogen (secondary N) is 1. The van der Waals surface area contributed by atoms with Crippen LogP contribution in [0.4, 0.5) is 13.6 Å². The van der Waals surface area contributed by atoms with Gasteiger partial charge < -0.3 is 15.3 Å². The number of hydrogen-bond acceptors (Lipinski definition) is 3. The van der Waals surface area contributed by atoms with Gasteiger partial charge in [0, 0.05) is 32.4 Å². The maximum Gasteiger partial charge on any atom is 0.326 e. The molecule has 0 spiro atoms. The van der Waals surface area contributed by atoms with Gasteiger partial charge in [0.25, 0.3) is 5.92 Å². The molecule has 0 aromatic carbocycles. The molecule has 1 aliphatic rings. The van der Waals surface area contributed by atoms with E-state index >= 15 is 0 Å². The monoisotopic (exact) mass is 318 g/mol. The zero-order chi connectivity index (χ0) is 15.5. The van der Waals surface area contributed by atoms with Gasteiger partial charge in [-0.2, -0.15) is 11.3 Å². The van der Waals surface area contributed by atoms with Crippen molar-refractivity contribution < 1.29 is 23.5 Å². The van der Waals surface area contributed by atoms with Crippen LogP contribution in [0.25, 0.3) is 0 Å². The first kappa shape index (κ1) is 15.7. The molecule has 1 aromatic rings. The number of piperidine rings is 1. The zero-order valence-electron chi connectivity index (χ0n) is 11.2. The van der Waals surface area contributed by atoms with E-state index in [1.165, 1.54) is 16.2 Å². The summed E-state index contributed by atoms with van der Waals surface area (Å²) in [5, 5.41) is 15.2. The van der Waals surface area contributed by atoms with E-state index < -0.39 is 24.0 Å². The van der Waals surface area contributed by atoms with E-state index in [2.05, 4.69) is 5.32 Å². The smallest absolute Gasteiger partial charge is 0.326 e. The van der Waals surface area contributed by atoms with E-state index in [0.29, 0.717) is 0 Å². The van der Waals surface area contributed by atoms with Crippen molar-refractivity contribution in [1.29, 1.82) is 0 Å². The first-order chi connectivity index (χ1) is 9.87. The number of carboxylic acids is 1. The molecule has 1 saturated heterocycles. The molecule has 2 rings (SSSR count). The van der Waals surface area contributed by atoms with E-state index in [9.17, 15) is 18.4 Å². The standard InChI is InChI=1S/C13H16F2N2O3S/c14-13(15)2-4-17(5-3-13)12(20)16-10(11(18)19)7-9-1-6-21-8-9/h1,6,8,10H,2-5,7H2,(H,16,20)(H,18,19). The topological polar surface area (TPSA) is 69.6 Å². The Bertz CT molecular complexity index is 498. The molecule has 8 heteroatoms. The maximum atomic E-state index is 13.0. The van der Waals surface area contributed by atoms with Gasteiger partial charge in [-0.1, -0.05) is 0 Å². The lowest BCUT2D eigenvalue weighted by atomic mass is 10.1. The molecule has 1 atom stereocenters. The van der Waals surface area contributed by atoms with Gasteiger partial charge in [0.05, 0.1) is 0 Å². The van der Waals surface area contributed by atoms with Crippen LogP contribution in [0.1, 0.15) is 18.4 Å². The number of halogens is 2. The Morgan fingerprint density at radius 2 is 2.10 bits per heavy atom. The summed E-state index contributed by atoms with van der Waals surface area (Å²) in [6.45, 7) is -0.132. The number of carbonyl (C=O) groups is 2. The van der Waals surface area contributed by atoms with Crippen LogP contribution < -0.4 is 5.32 Å². The van der Waals surface area contributed by atoms with Crippen LogP contribution in [-0.4, -0.2) is 47.1 Å². The molecule has 0 aliphatic carbocycles. The quantitative estimate of drug-likeness (QED) is 0.894. The molecule has 5 nitrogen and oxygen atoms in total. The summed E-state index contributed by atoms with van der Waals surface area (Å²) in [5.41, 5.74) is 0.817. The maximum absolute atomic E-state index is 13.0. The number of nitrogens with zero attached hydrogens (tertiary/aromatic N) is 1. The Balaban J connectivity index is 1.91. The largest absolute Gasteiger partial charge is 0.480 e. The van der Waals surface area contributed by atoms with Crippen LogP contribution in [0.2, 0.25) is 0 Å². The third-order valence-electron chi connectivity index (χ3n) is 3.40. The summed E-state index contributed by atoms with van der Waals surface area (Å²) in [6.07, 6.45) is -0.597. The lowest BCUT2D eigenvalue weighted by Gasteiger charge is -2.32. The summed E-state index contributed by atoms with van der Waals surface area (Å²) in [4.78, 5) is 24.4. The van der Waals surface area contributed by atoms with Gasteiger partial charge in [-0.05, 0) is 22.4 Å². The minimum absolute atomic E-state index is 0.0658. The van der Waals surface area contributed by atoms with Gasteiger partial charge in [-0.15, -0.1) is 0 Å². The van der Waals surface area contributed by atoms with Crippen molar-refractivity contribution >= 4 is 23.3 Å². The fraction of sp³-hybridized carbons (Fsp3) is 0.538. The zero-order valence-corrected chi connectivity index (χ0v) is 12.0. The van der Waals surface area contributed by atoms with Crippen LogP contribution in [0.3, 0.4) is 0 Å². The van der Waals surface area contributed by atoms with Crippen molar-refractivity contribution in [2.24, 2.45) is 0 Å². The first-order valence-corrected chi connectivity index (χ1v) is 7.49. The highest BCUT2D eigenvalue weighted by Gasteiger charge is 2.36. The molecule has 1 unspecified atom stereocenters. The number of aliphatic carboxylic acids is 1. The van der Waals surface area contributed by atoms with E-state index in [-0.39, 0.29) is 32.4 Å². The molecule has 0 bridgehead atoms. The first-order valence-electron chi connectivity index (χ1n) is 6.54. The van der Waals surface area contributed by atoms with Gasteiger partial charge in [-0.3, -0.25) is 0 Å². The highest BCUT2D eigenvalue weighted by molar-refractivity contribution is 7.07. The number of amides is 2. The third kappa shape index (κ3) is 4.38. The Hall–Kier alpha value is -1.70. The Morgan fingerprint density at radius 1 is 1.43 bits per heavy atom. The Labute approximate surface area is 124 Å². The van der Waals surface area contributed by atoms with Gasteiger partial charge in [0.2, 0.25) is 0 Å². The van der Waals surface area contributed by atoms with Gasteiger partial charge in [0.15, 0.2) is 0 Å². The van der Waals surface area contributed by atoms with Crippen LogP contribution in [0.5, 0.6) is 0 Å². The van der Waals surface area contributed by atoms with Gasteiger partial charge in [0.1, 0.15) is 6.04 Å². The van der Waals surface area contributed by atoms with E-state index in [4.69, 9.17) is 5.11 Å². The molecule has 0 saturated carbocycles. The Kier molecular flexibility index (Phi) is 4.76. The number of alkyl halides is 2. The van der Waals surface area contributed by atoms with Crippen molar-refractivity contribution in [2.75, 3.05) is 13.1 Å². The highest BCUT2D eigenvalue weighted by atomic mass is 32.1. The fourth-order valence-electron chi connectivity index (χ4n) is 2.12. The molecule has 2 heterocycles. The van der Waals surface area contributed by atoms with Gasteiger partial charge >= 0.3 is 12.0 Å². The number of rotatable bonds is 4. The van der Waals surface area contributed by atoms with Crippen molar-refractivity contribution in [1.82, 2.24) is 10.2 Å². The van der Waals surface area contributed by atoms with Crippen LogP contribution in [0.15, 0.2) is 16.8 Å². The van der Waals surface area contributed by atoms with E-state index in [1.807, 2.05) is 10.8 Å². The SMILES string of the molecule is O=C(O)C(Cc1ccsc1)NC(=O)N1CCC(F)(F)CC1. The second-order valence-electron chi connectivity index (χ2n) is 5.02. The average Bonchev–Trinajstić information content (AvgIpc) is 2.90. The lowest BCUT2D eigenvalue weighted by molar-refractivity contribution is -0.139. The molecule has 1 aromatic heterocycles. The minimum atomic E-state index is -2.74. The minimum Gasteiger partial charge on any atom is -0.480 e. The molecule has 1 fully saturated rings. The van der Waals surface area contributed by atoms with Crippen LogP contribution >= 0.6 is 11.3 Å². The normalized spacial score (nSPS) is 19.0. The van der Waals surface area contributed by atoms with Crippen molar-refractivity contribution in [3.8, 4) is 0 Å². The van der Waals surface area contributed by atoms with Gasteiger partial charge in [-0.25, -0.2) is 18.4 Å². The number of likely N-dealkylation sites (tertiary alicyclic amines) is 1. The molecular formula is C13H16F2N2O3S. The third-order valence-corrected chi connectivity index (χ3v) is 4.13. The molecule has 1 aliphatic heterocycles.